The van der Waals surface area contributed by atoms with Crippen LogP contribution in [0.4, 0.5) is 17.4 Å². The number of ether oxygens (including phenoxy) is 2. The fraction of sp³-hybridized carbons (Fsp3) is 0.360. The Morgan fingerprint density at radius 1 is 0.971 bits per heavy atom. The molecular formula is C25H28N4O6. The van der Waals surface area contributed by atoms with Crippen LogP contribution < -0.4 is 20.1 Å². The molecule has 4 rings (SSSR count). The molecule has 1 aromatic heterocycles. The Labute approximate surface area is 202 Å². The molecule has 1 saturated carbocycles. The normalized spacial score (nSPS) is 17.4. The third kappa shape index (κ3) is 6.08. The average molecular weight is 481 g/mol. The first-order valence-corrected chi connectivity index (χ1v) is 11.4. The SMILES string of the molecule is COc1ccc(Nc2nnc(C(=O)Nc3ccc(C4CCC(CC(=O)O)CC4)cc3)o2)cc1OC. The van der Waals surface area contributed by atoms with Gasteiger partial charge in [-0.1, -0.05) is 17.2 Å². The van der Waals surface area contributed by atoms with E-state index in [-0.39, 0.29) is 24.2 Å². The van der Waals surface area contributed by atoms with Gasteiger partial charge in [0, 0.05) is 23.9 Å². The van der Waals surface area contributed by atoms with Crippen molar-refractivity contribution in [3.8, 4) is 11.5 Å². The Kier molecular flexibility index (Phi) is 7.49. The fourth-order valence-corrected chi connectivity index (χ4v) is 4.37. The predicted octanol–water partition coefficient (Wildman–Crippen LogP) is 4.83. The van der Waals surface area contributed by atoms with E-state index in [0.29, 0.717) is 28.8 Å². The zero-order valence-corrected chi connectivity index (χ0v) is 19.6. The maximum absolute atomic E-state index is 12.6. The van der Waals surface area contributed by atoms with Gasteiger partial charge in [0.2, 0.25) is 0 Å². The van der Waals surface area contributed by atoms with Gasteiger partial charge in [-0.25, -0.2) is 0 Å². The van der Waals surface area contributed by atoms with Gasteiger partial charge in [-0.15, -0.1) is 5.10 Å². The van der Waals surface area contributed by atoms with Crippen LogP contribution in [0.25, 0.3) is 0 Å². The Bertz CT molecular complexity index is 1170. The summed E-state index contributed by atoms with van der Waals surface area (Å²) in [6, 6.07) is 12.9. The van der Waals surface area contributed by atoms with E-state index >= 15 is 0 Å². The maximum atomic E-state index is 12.6. The first-order valence-electron chi connectivity index (χ1n) is 11.4. The van der Waals surface area contributed by atoms with Crippen LogP contribution >= 0.6 is 0 Å². The number of carboxylic acid groups (broad SMARTS) is 1. The molecule has 184 valence electrons. The largest absolute Gasteiger partial charge is 0.493 e. The molecule has 10 nitrogen and oxygen atoms in total. The second kappa shape index (κ2) is 10.9. The summed E-state index contributed by atoms with van der Waals surface area (Å²) in [4.78, 5) is 23.5. The summed E-state index contributed by atoms with van der Waals surface area (Å²) in [5, 5.41) is 22.4. The van der Waals surface area contributed by atoms with Gasteiger partial charge in [-0.05, 0) is 67.3 Å². The minimum Gasteiger partial charge on any atom is -0.493 e. The fourth-order valence-electron chi connectivity index (χ4n) is 4.37. The molecule has 1 aliphatic rings. The zero-order valence-electron chi connectivity index (χ0n) is 19.6. The van der Waals surface area contributed by atoms with Gasteiger partial charge in [-0.3, -0.25) is 9.59 Å². The molecule has 3 aromatic rings. The van der Waals surface area contributed by atoms with Crippen LogP contribution in [0, 0.1) is 5.92 Å². The Hall–Kier alpha value is -4.08. The molecule has 0 spiro atoms. The standard InChI is InChI=1S/C25H28N4O6/c1-33-20-12-11-19(14-21(20)34-2)27-25-29-28-24(35-25)23(32)26-18-9-7-17(8-10-18)16-5-3-15(4-6-16)13-22(30)31/h7-12,14-16H,3-6,13H2,1-2H3,(H,26,32)(H,27,29)(H,30,31). The smallest absolute Gasteiger partial charge is 0.320 e. The van der Waals surface area contributed by atoms with Crippen LogP contribution in [0.15, 0.2) is 46.9 Å². The van der Waals surface area contributed by atoms with Gasteiger partial charge >= 0.3 is 23.8 Å². The number of nitrogens with one attached hydrogen (secondary N) is 2. The molecule has 1 aliphatic carbocycles. The summed E-state index contributed by atoms with van der Waals surface area (Å²) in [6.45, 7) is 0. The Morgan fingerprint density at radius 2 is 1.66 bits per heavy atom. The number of rotatable bonds is 9. The van der Waals surface area contributed by atoms with Crippen molar-refractivity contribution in [3.05, 3.63) is 53.9 Å². The van der Waals surface area contributed by atoms with Gasteiger partial charge in [0.15, 0.2) is 11.5 Å². The van der Waals surface area contributed by atoms with Crippen molar-refractivity contribution >= 4 is 29.3 Å². The van der Waals surface area contributed by atoms with Crippen LogP contribution in [0.2, 0.25) is 0 Å². The van der Waals surface area contributed by atoms with Crippen LogP contribution in [0.3, 0.4) is 0 Å². The zero-order chi connectivity index (χ0) is 24.8. The highest BCUT2D eigenvalue weighted by Gasteiger charge is 2.24. The minimum atomic E-state index is -0.723. The van der Waals surface area contributed by atoms with E-state index in [1.165, 1.54) is 12.7 Å². The monoisotopic (exact) mass is 480 g/mol. The lowest BCUT2D eigenvalue weighted by Gasteiger charge is -2.28. The highest BCUT2D eigenvalue weighted by atomic mass is 16.5. The third-order valence-electron chi connectivity index (χ3n) is 6.20. The van der Waals surface area contributed by atoms with Crippen molar-refractivity contribution in [1.29, 1.82) is 0 Å². The van der Waals surface area contributed by atoms with E-state index < -0.39 is 11.9 Å². The third-order valence-corrected chi connectivity index (χ3v) is 6.20. The molecule has 0 unspecified atom stereocenters. The van der Waals surface area contributed by atoms with Crippen LogP contribution in [-0.2, 0) is 4.79 Å². The first-order chi connectivity index (χ1) is 16.9. The molecule has 1 fully saturated rings. The van der Waals surface area contributed by atoms with Gasteiger partial charge in [-0.2, -0.15) is 0 Å². The Morgan fingerprint density at radius 3 is 2.31 bits per heavy atom. The summed E-state index contributed by atoms with van der Waals surface area (Å²) in [6.07, 6.45) is 4.04. The van der Waals surface area contributed by atoms with Crippen LogP contribution in [0.5, 0.6) is 11.5 Å². The van der Waals surface area contributed by atoms with Gasteiger partial charge in [0.25, 0.3) is 0 Å². The van der Waals surface area contributed by atoms with E-state index in [1.54, 1.807) is 25.3 Å². The highest BCUT2D eigenvalue weighted by molar-refractivity contribution is 6.00. The molecule has 0 aliphatic heterocycles. The number of benzene rings is 2. The second-order valence-corrected chi connectivity index (χ2v) is 8.50. The molecule has 35 heavy (non-hydrogen) atoms. The minimum absolute atomic E-state index is 0.0659. The van der Waals surface area contributed by atoms with Crippen molar-refractivity contribution in [2.45, 2.75) is 38.0 Å². The number of aromatic nitrogens is 2. The topological polar surface area (TPSA) is 136 Å². The average Bonchev–Trinajstić information content (AvgIpc) is 3.33. The van der Waals surface area contributed by atoms with Crippen molar-refractivity contribution in [2.24, 2.45) is 5.92 Å². The number of nitrogens with zero attached hydrogens (tertiary/aromatic N) is 2. The molecule has 1 amide bonds. The lowest BCUT2D eigenvalue weighted by Crippen LogP contribution is -2.16. The number of carbonyl (C=O) groups is 2. The van der Waals surface area contributed by atoms with Crippen LogP contribution in [-0.4, -0.2) is 41.4 Å². The molecule has 0 saturated heterocycles. The number of methoxy groups -OCH3 is 2. The number of anilines is 3. The highest BCUT2D eigenvalue weighted by Crippen LogP contribution is 2.37. The first kappa shape index (κ1) is 24.1. The molecule has 10 heteroatoms. The summed E-state index contributed by atoms with van der Waals surface area (Å²) in [5.41, 5.74) is 2.44. The molecular weight excluding hydrogens is 452 g/mol. The van der Waals surface area contributed by atoms with Gasteiger partial charge < -0.3 is 29.6 Å². The molecule has 0 radical (unpaired) electrons. The van der Waals surface area contributed by atoms with Crippen molar-refractivity contribution in [1.82, 2.24) is 10.2 Å². The van der Waals surface area contributed by atoms with Gasteiger partial charge in [0.05, 0.1) is 14.2 Å². The number of hydrogen-bond donors (Lipinski definition) is 3. The van der Waals surface area contributed by atoms with E-state index in [2.05, 4.69) is 20.8 Å². The quantitative estimate of drug-likeness (QED) is 0.393. The molecule has 1 heterocycles. The molecule has 3 N–H and O–H groups in total. The molecule has 0 bridgehead atoms. The number of hydrogen-bond acceptors (Lipinski definition) is 8. The Balaban J connectivity index is 1.32. The number of aliphatic carboxylic acids is 1. The van der Waals surface area contributed by atoms with Crippen molar-refractivity contribution < 1.29 is 28.6 Å². The molecule has 0 atom stereocenters. The number of carbonyl (C=O) groups excluding carboxylic acids is 1. The van der Waals surface area contributed by atoms with E-state index in [1.807, 2.05) is 24.3 Å². The summed E-state index contributed by atoms with van der Waals surface area (Å²) in [5.74, 6) is 0.383. The van der Waals surface area contributed by atoms with Crippen molar-refractivity contribution in [3.63, 3.8) is 0 Å². The second-order valence-electron chi connectivity index (χ2n) is 8.50. The lowest BCUT2D eigenvalue weighted by molar-refractivity contribution is -0.138. The number of carboxylic acids is 1. The van der Waals surface area contributed by atoms with Crippen LogP contribution in [0.1, 0.15) is 54.3 Å². The van der Waals surface area contributed by atoms with E-state index in [4.69, 9.17) is 19.0 Å². The van der Waals surface area contributed by atoms with E-state index in [9.17, 15) is 9.59 Å². The maximum Gasteiger partial charge on any atom is 0.320 e. The van der Waals surface area contributed by atoms with Gasteiger partial charge in [0.1, 0.15) is 0 Å². The summed E-state index contributed by atoms with van der Waals surface area (Å²) in [7, 11) is 3.09. The summed E-state index contributed by atoms with van der Waals surface area (Å²) < 4.78 is 15.9. The van der Waals surface area contributed by atoms with Crippen molar-refractivity contribution in [2.75, 3.05) is 24.9 Å². The number of amides is 1. The molecule has 2 aromatic carbocycles. The summed E-state index contributed by atoms with van der Waals surface area (Å²) >= 11 is 0. The lowest BCUT2D eigenvalue weighted by atomic mass is 9.77. The predicted molar refractivity (Wildman–Crippen MR) is 128 cm³/mol. The van der Waals surface area contributed by atoms with E-state index in [0.717, 1.165) is 25.7 Å².